The van der Waals surface area contributed by atoms with E-state index < -0.39 is 42.1 Å². The number of anilines is 1. The molecule has 2 aromatic rings. The monoisotopic (exact) mass is 502 g/mol. The van der Waals surface area contributed by atoms with Crippen molar-refractivity contribution in [3.05, 3.63) is 59.2 Å². The van der Waals surface area contributed by atoms with Gasteiger partial charge in [-0.1, -0.05) is 24.3 Å². The Labute approximate surface area is 195 Å². The largest absolute Gasteiger partial charge is 0.493 e. The molecule has 188 valence electrons. The fourth-order valence-electron chi connectivity index (χ4n) is 4.15. The van der Waals surface area contributed by atoms with E-state index in [0.717, 1.165) is 17.0 Å². The van der Waals surface area contributed by atoms with Crippen molar-refractivity contribution >= 4 is 17.6 Å². The van der Waals surface area contributed by atoms with Crippen molar-refractivity contribution in [3.8, 4) is 5.75 Å². The zero-order valence-electron chi connectivity index (χ0n) is 18.1. The van der Waals surface area contributed by atoms with Gasteiger partial charge in [-0.2, -0.15) is 26.3 Å². The summed E-state index contributed by atoms with van der Waals surface area (Å²) < 4.78 is 88.8. The first-order chi connectivity index (χ1) is 16.4. The van der Waals surface area contributed by atoms with Crippen LogP contribution in [0.15, 0.2) is 42.5 Å². The summed E-state index contributed by atoms with van der Waals surface area (Å²) in [4.78, 5) is 26.0. The predicted molar refractivity (Wildman–Crippen MR) is 110 cm³/mol. The number of rotatable bonds is 4. The smallest absolute Gasteiger partial charge is 0.490 e. The lowest BCUT2D eigenvalue weighted by molar-refractivity contribution is -0.206. The third-order valence-electron chi connectivity index (χ3n) is 5.79. The van der Waals surface area contributed by atoms with Crippen LogP contribution in [-0.2, 0) is 26.9 Å². The van der Waals surface area contributed by atoms with Gasteiger partial charge in [-0.15, -0.1) is 0 Å². The van der Waals surface area contributed by atoms with Crippen molar-refractivity contribution < 1.29 is 45.4 Å². The number of carbonyl (C=O) groups is 2. The van der Waals surface area contributed by atoms with E-state index in [0.29, 0.717) is 29.7 Å². The Bertz CT molecular complexity index is 1120. The van der Waals surface area contributed by atoms with Crippen LogP contribution in [0.1, 0.15) is 35.6 Å². The van der Waals surface area contributed by atoms with Crippen molar-refractivity contribution in [1.29, 1.82) is 0 Å². The van der Waals surface area contributed by atoms with E-state index in [1.54, 1.807) is 24.3 Å². The molecule has 0 saturated carbocycles. The van der Waals surface area contributed by atoms with Crippen LogP contribution in [-0.4, -0.2) is 37.4 Å². The molecular weight excluding hydrogens is 482 g/mol. The van der Waals surface area contributed by atoms with E-state index in [9.17, 15) is 35.9 Å². The number of hydrogen-bond donors (Lipinski definition) is 1. The number of alkyl halides is 6. The molecule has 0 saturated heterocycles. The van der Waals surface area contributed by atoms with Crippen molar-refractivity contribution in [2.75, 3.05) is 18.1 Å². The molecule has 6 nitrogen and oxygen atoms in total. The number of fused-ring (bicyclic) bond motifs is 2. The van der Waals surface area contributed by atoms with E-state index in [1.165, 1.54) is 6.07 Å². The average molecular weight is 502 g/mol. The van der Waals surface area contributed by atoms with E-state index in [2.05, 4.69) is 10.1 Å². The first-order valence-electron chi connectivity index (χ1n) is 10.7. The Morgan fingerprint density at radius 3 is 2.54 bits per heavy atom. The van der Waals surface area contributed by atoms with Gasteiger partial charge in [-0.25, -0.2) is 4.79 Å². The highest BCUT2D eigenvalue weighted by molar-refractivity contribution is 5.98. The molecule has 1 amide bonds. The van der Waals surface area contributed by atoms with Crippen molar-refractivity contribution in [1.82, 2.24) is 5.32 Å². The van der Waals surface area contributed by atoms with Crippen LogP contribution in [0, 0.1) is 0 Å². The second-order valence-corrected chi connectivity index (χ2v) is 8.11. The minimum absolute atomic E-state index is 0.0563. The van der Waals surface area contributed by atoms with Gasteiger partial charge in [0.25, 0.3) is 5.91 Å². The lowest BCUT2D eigenvalue weighted by atomic mass is 9.98. The Balaban J connectivity index is 1.67. The lowest BCUT2D eigenvalue weighted by Crippen LogP contribution is -2.53. The first-order valence-corrected chi connectivity index (χ1v) is 10.7. The number of nitrogens with zero attached hydrogens (tertiary/aromatic N) is 1. The molecule has 1 N–H and O–H groups in total. The molecular formula is C23H20F6N2O4. The van der Waals surface area contributed by atoms with Gasteiger partial charge in [-0.05, 0) is 36.6 Å². The molecule has 2 aromatic carbocycles. The van der Waals surface area contributed by atoms with Gasteiger partial charge < -0.3 is 14.4 Å². The topological polar surface area (TPSA) is 67.9 Å². The Hall–Kier alpha value is -3.28. The number of amides is 1. The molecule has 35 heavy (non-hydrogen) atoms. The summed E-state index contributed by atoms with van der Waals surface area (Å²) in [5.41, 5.74) is -0.127. The van der Waals surface area contributed by atoms with Crippen molar-refractivity contribution in [2.45, 2.75) is 43.9 Å². The lowest BCUT2D eigenvalue weighted by Gasteiger charge is -2.35. The number of benzene rings is 2. The fraction of sp³-hybridized carbons (Fsp3) is 0.391. The second-order valence-electron chi connectivity index (χ2n) is 8.11. The molecule has 2 atom stereocenters. The molecule has 2 aliphatic heterocycles. The standard InChI is InChI=1S/C23H20F6N2O4/c24-22(25,26)14-8-7-13-4-3-10-31(17(13)12-14)20(32)19(35-21(33)23(27,28)29)30-16-9-11-34-18-6-2-1-5-15(16)18/h1-2,5-8,12,16,19,30H,3-4,9-11H2/t16-,19?/m0/s1. The number of halogens is 6. The number of hydrogen-bond acceptors (Lipinski definition) is 5. The number of nitrogens with one attached hydrogen (secondary N) is 1. The maximum Gasteiger partial charge on any atom is 0.490 e. The zero-order chi connectivity index (χ0) is 25.4. The Morgan fingerprint density at radius 2 is 1.83 bits per heavy atom. The van der Waals surface area contributed by atoms with Gasteiger partial charge in [0, 0.05) is 30.3 Å². The van der Waals surface area contributed by atoms with Crippen LogP contribution in [0.25, 0.3) is 0 Å². The SMILES string of the molecule is O=C(C(N[C@H]1CCOc2ccccc21)OC(=O)C(F)(F)F)N1CCCc2ccc(C(F)(F)F)cc21. The Morgan fingerprint density at radius 1 is 1.09 bits per heavy atom. The third kappa shape index (κ3) is 5.37. The van der Waals surface area contributed by atoms with E-state index in [-0.39, 0.29) is 25.3 Å². The van der Waals surface area contributed by atoms with Crippen LogP contribution in [0.3, 0.4) is 0 Å². The Kier molecular flexibility index (Phi) is 6.67. The summed E-state index contributed by atoms with van der Waals surface area (Å²) in [6.45, 7) is 0.129. The van der Waals surface area contributed by atoms with Crippen molar-refractivity contribution in [3.63, 3.8) is 0 Å². The summed E-state index contributed by atoms with van der Waals surface area (Å²) in [5.74, 6) is -3.25. The number of para-hydroxylation sites is 1. The molecule has 0 aliphatic carbocycles. The van der Waals surface area contributed by atoms with Crippen LogP contribution in [0.5, 0.6) is 5.75 Å². The maximum atomic E-state index is 13.4. The highest BCUT2D eigenvalue weighted by atomic mass is 19.4. The fourth-order valence-corrected chi connectivity index (χ4v) is 4.15. The molecule has 1 unspecified atom stereocenters. The number of carbonyl (C=O) groups excluding carboxylic acids is 2. The highest BCUT2D eigenvalue weighted by Crippen LogP contribution is 2.37. The van der Waals surface area contributed by atoms with Crippen LogP contribution < -0.4 is 15.0 Å². The van der Waals surface area contributed by atoms with Crippen molar-refractivity contribution in [2.24, 2.45) is 0 Å². The maximum absolute atomic E-state index is 13.4. The van der Waals surface area contributed by atoms with Crippen LogP contribution in [0.2, 0.25) is 0 Å². The molecule has 12 heteroatoms. The quantitative estimate of drug-likeness (QED) is 0.378. The van der Waals surface area contributed by atoms with Crippen LogP contribution in [0.4, 0.5) is 32.0 Å². The number of aryl methyl sites for hydroxylation is 1. The molecule has 0 bridgehead atoms. The van der Waals surface area contributed by atoms with Gasteiger partial charge in [-0.3, -0.25) is 10.1 Å². The summed E-state index contributed by atoms with van der Waals surface area (Å²) in [5, 5.41) is 2.65. The van der Waals surface area contributed by atoms with Gasteiger partial charge in [0.15, 0.2) is 0 Å². The zero-order valence-corrected chi connectivity index (χ0v) is 18.1. The first kappa shape index (κ1) is 24.8. The average Bonchev–Trinajstić information content (AvgIpc) is 2.81. The van der Waals surface area contributed by atoms with E-state index in [4.69, 9.17) is 4.74 Å². The number of ether oxygens (including phenoxy) is 2. The minimum Gasteiger partial charge on any atom is -0.493 e. The molecule has 0 aromatic heterocycles. The van der Waals surface area contributed by atoms with Crippen LogP contribution >= 0.6 is 0 Å². The molecule has 0 radical (unpaired) electrons. The van der Waals surface area contributed by atoms with Gasteiger partial charge in [0.05, 0.1) is 12.2 Å². The molecule has 2 heterocycles. The highest BCUT2D eigenvalue weighted by Gasteiger charge is 2.45. The third-order valence-corrected chi connectivity index (χ3v) is 5.79. The summed E-state index contributed by atoms with van der Waals surface area (Å²) >= 11 is 0. The van der Waals surface area contributed by atoms with Gasteiger partial charge >= 0.3 is 18.3 Å². The molecule has 0 spiro atoms. The summed E-state index contributed by atoms with van der Waals surface area (Å²) in [6.07, 6.45) is -11.2. The normalized spacial score (nSPS) is 18.7. The summed E-state index contributed by atoms with van der Waals surface area (Å²) in [6, 6.07) is 8.82. The van der Waals surface area contributed by atoms with E-state index >= 15 is 0 Å². The summed E-state index contributed by atoms with van der Waals surface area (Å²) in [7, 11) is 0. The number of esters is 1. The van der Waals surface area contributed by atoms with Gasteiger partial charge in [0.1, 0.15) is 5.75 Å². The predicted octanol–water partition coefficient (Wildman–Crippen LogP) is 4.53. The second kappa shape index (κ2) is 9.40. The van der Waals surface area contributed by atoms with Gasteiger partial charge in [0.2, 0.25) is 6.23 Å². The minimum atomic E-state index is -5.38. The molecule has 2 aliphatic rings. The van der Waals surface area contributed by atoms with E-state index in [1.807, 2.05) is 0 Å². The molecule has 0 fully saturated rings. The molecule has 4 rings (SSSR count).